The molecule has 0 unspecified atom stereocenters. The van der Waals surface area contributed by atoms with E-state index in [0.29, 0.717) is 0 Å². The summed E-state index contributed by atoms with van der Waals surface area (Å²) in [6, 6.07) is 16.6. The van der Waals surface area contributed by atoms with E-state index in [2.05, 4.69) is 51.7 Å². The number of nitrogens with one attached hydrogen (secondary N) is 1. The standard InChI is InChI=1S/C18H11N3S/c1-3-11-13(19-9-1)5-7-15-17(11)22-18-12-4-2-10-20-14(12)6-8-16(18)21-15/h1-10,21H. The second-order valence-electron chi connectivity index (χ2n) is 5.25. The molecule has 1 aliphatic rings. The Morgan fingerprint density at radius 2 is 1.23 bits per heavy atom. The number of fused-ring (bicyclic) bond motifs is 6. The lowest BCUT2D eigenvalue weighted by atomic mass is 10.1. The van der Waals surface area contributed by atoms with Crippen LogP contribution < -0.4 is 5.32 Å². The lowest BCUT2D eigenvalue weighted by molar-refractivity contribution is 1.32. The summed E-state index contributed by atoms with van der Waals surface area (Å²) in [5, 5.41) is 5.92. The molecule has 0 spiro atoms. The Morgan fingerprint density at radius 1 is 0.682 bits per heavy atom. The summed E-state index contributed by atoms with van der Waals surface area (Å²) in [5.41, 5.74) is 4.33. The highest BCUT2D eigenvalue weighted by atomic mass is 32.2. The van der Waals surface area contributed by atoms with Crippen molar-refractivity contribution in [2.75, 3.05) is 5.32 Å². The summed E-state index contributed by atoms with van der Waals surface area (Å²) >= 11 is 1.80. The molecule has 4 aromatic rings. The minimum absolute atomic E-state index is 1.03. The number of aromatic nitrogens is 2. The van der Waals surface area contributed by atoms with Gasteiger partial charge in [0.15, 0.2) is 0 Å². The van der Waals surface area contributed by atoms with Crippen molar-refractivity contribution in [3.8, 4) is 0 Å². The van der Waals surface area contributed by atoms with Crippen LogP contribution in [0.2, 0.25) is 0 Å². The van der Waals surface area contributed by atoms with E-state index in [-0.39, 0.29) is 0 Å². The van der Waals surface area contributed by atoms with E-state index in [4.69, 9.17) is 0 Å². The average Bonchev–Trinajstić information content (AvgIpc) is 2.60. The Kier molecular flexibility index (Phi) is 2.43. The van der Waals surface area contributed by atoms with Crippen molar-refractivity contribution < 1.29 is 0 Å². The van der Waals surface area contributed by atoms with Gasteiger partial charge in [0.2, 0.25) is 0 Å². The molecule has 0 saturated carbocycles. The van der Waals surface area contributed by atoms with E-state index in [1.807, 2.05) is 24.5 Å². The molecule has 4 heteroatoms. The number of rotatable bonds is 0. The van der Waals surface area contributed by atoms with Crippen LogP contribution in [0.4, 0.5) is 11.4 Å². The van der Waals surface area contributed by atoms with Crippen molar-refractivity contribution in [1.82, 2.24) is 9.97 Å². The number of anilines is 2. The lowest BCUT2D eigenvalue weighted by Crippen LogP contribution is -2.01. The molecule has 0 radical (unpaired) electrons. The molecule has 0 fully saturated rings. The first-order valence-corrected chi connectivity index (χ1v) is 7.92. The third-order valence-corrected chi connectivity index (χ3v) is 5.23. The van der Waals surface area contributed by atoms with Crippen LogP contribution in [-0.2, 0) is 0 Å². The van der Waals surface area contributed by atoms with Gasteiger partial charge in [0, 0.05) is 33.0 Å². The highest BCUT2D eigenvalue weighted by Gasteiger charge is 2.20. The quantitative estimate of drug-likeness (QED) is 0.437. The van der Waals surface area contributed by atoms with Crippen LogP contribution in [0.3, 0.4) is 0 Å². The second kappa shape index (κ2) is 4.45. The van der Waals surface area contributed by atoms with Crippen molar-refractivity contribution in [2.24, 2.45) is 0 Å². The van der Waals surface area contributed by atoms with Crippen LogP contribution in [0, 0.1) is 0 Å². The summed E-state index contributed by atoms with van der Waals surface area (Å²) < 4.78 is 0. The molecule has 0 saturated heterocycles. The highest BCUT2D eigenvalue weighted by molar-refractivity contribution is 8.00. The number of hydrogen-bond donors (Lipinski definition) is 1. The maximum atomic E-state index is 4.45. The average molecular weight is 301 g/mol. The first-order chi connectivity index (χ1) is 10.9. The van der Waals surface area contributed by atoms with Gasteiger partial charge in [-0.15, -0.1) is 0 Å². The predicted octanol–water partition coefficient (Wildman–Crippen LogP) is 4.99. The molecule has 1 N–H and O–H groups in total. The number of pyridine rings is 2. The maximum Gasteiger partial charge on any atom is 0.0714 e. The molecule has 1 aliphatic heterocycles. The topological polar surface area (TPSA) is 37.8 Å². The van der Waals surface area contributed by atoms with Gasteiger partial charge < -0.3 is 5.32 Å². The number of hydrogen-bond acceptors (Lipinski definition) is 4. The van der Waals surface area contributed by atoms with Crippen molar-refractivity contribution in [3.63, 3.8) is 0 Å². The monoisotopic (exact) mass is 301 g/mol. The van der Waals surface area contributed by atoms with Gasteiger partial charge in [-0.05, 0) is 36.4 Å². The van der Waals surface area contributed by atoms with E-state index < -0.39 is 0 Å². The number of benzene rings is 2. The van der Waals surface area contributed by atoms with E-state index in [0.717, 1.165) is 22.4 Å². The van der Waals surface area contributed by atoms with Gasteiger partial charge in [0.25, 0.3) is 0 Å². The van der Waals surface area contributed by atoms with Gasteiger partial charge in [-0.3, -0.25) is 9.97 Å². The summed E-state index contributed by atoms with van der Waals surface area (Å²) in [4.78, 5) is 11.4. The Hall–Kier alpha value is -2.59. The smallest absolute Gasteiger partial charge is 0.0714 e. The maximum absolute atomic E-state index is 4.45. The van der Waals surface area contributed by atoms with Gasteiger partial charge in [0.05, 0.1) is 22.4 Å². The Morgan fingerprint density at radius 3 is 1.77 bits per heavy atom. The minimum Gasteiger partial charge on any atom is -0.354 e. The molecule has 0 amide bonds. The van der Waals surface area contributed by atoms with Gasteiger partial charge in [-0.1, -0.05) is 23.9 Å². The molecule has 0 bridgehead atoms. The SMILES string of the molecule is c1cnc2ccc3c(c2c1)Sc1c(ccc2ncccc12)N3. The largest absolute Gasteiger partial charge is 0.354 e. The predicted molar refractivity (Wildman–Crippen MR) is 90.9 cm³/mol. The molecule has 0 aliphatic carbocycles. The molecule has 104 valence electrons. The molecule has 5 rings (SSSR count). The first-order valence-electron chi connectivity index (χ1n) is 7.10. The Balaban J connectivity index is 1.80. The summed E-state index contributed by atoms with van der Waals surface area (Å²) in [6.07, 6.45) is 3.67. The van der Waals surface area contributed by atoms with Gasteiger partial charge in [0.1, 0.15) is 0 Å². The van der Waals surface area contributed by atoms with Crippen LogP contribution >= 0.6 is 11.8 Å². The number of nitrogens with zero attached hydrogens (tertiary/aromatic N) is 2. The molecular formula is C18H11N3S. The van der Waals surface area contributed by atoms with Crippen LogP contribution in [0.25, 0.3) is 21.8 Å². The Bertz CT molecular complexity index is 960. The second-order valence-corrected chi connectivity index (χ2v) is 6.27. The zero-order valence-electron chi connectivity index (χ0n) is 11.6. The molecule has 0 atom stereocenters. The van der Waals surface area contributed by atoms with Crippen molar-refractivity contribution >= 4 is 44.9 Å². The van der Waals surface area contributed by atoms with Crippen molar-refractivity contribution in [3.05, 3.63) is 60.9 Å². The molecule has 2 aromatic carbocycles. The molecule has 3 nitrogen and oxygen atoms in total. The van der Waals surface area contributed by atoms with Crippen LogP contribution in [0.1, 0.15) is 0 Å². The van der Waals surface area contributed by atoms with Gasteiger partial charge >= 0.3 is 0 Å². The van der Waals surface area contributed by atoms with Crippen LogP contribution in [-0.4, -0.2) is 9.97 Å². The van der Waals surface area contributed by atoms with E-state index in [1.54, 1.807) is 11.8 Å². The highest BCUT2D eigenvalue weighted by Crippen LogP contribution is 2.49. The van der Waals surface area contributed by atoms with E-state index in [9.17, 15) is 0 Å². The fraction of sp³-hybridized carbons (Fsp3) is 0. The summed E-state index contributed by atoms with van der Waals surface area (Å²) in [5.74, 6) is 0. The fourth-order valence-electron chi connectivity index (χ4n) is 2.91. The third kappa shape index (κ3) is 1.64. The van der Waals surface area contributed by atoms with Crippen LogP contribution in [0.15, 0.2) is 70.7 Å². The molecule has 3 heterocycles. The fourth-order valence-corrected chi connectivity index (χ4v) is 4.14. The van der Waals surface area contributed by atoms with E-state index >= 15 is 0 Å². The third-order valence-electron chi connectivity index (χ3n) is 3.94. The molecule has 2 aromatic heterocycles. The molecule has 22 heavy (non-hydrogen) atoms. The lowest BCUT2D eigenvalue weighted by Gasteiger charge is -2.23. The van der Waals surface area contributed by atoms with Crippen LogP contribution in [0.5, 0.6) is 0 Å². The normalized spacial score (nSPS) is 12.7. The van der Waals surface area contributed by atoms with Crippen molar-refractivity contribution in [1.29, 1.82) is 0 Å². The van der Waals surface area contributed by atoms with Crippen molar-refractivity contribution in [2.45, 2.75) is 9.79 Å². The Labute approximate surface area is 131 Å². The molecular weight excluding hydrogens is 290 g/mol. The zero-order valence-corrected chi connectivity index (χ0v) is 12.4. The van der Waals surface area contributed by atoms with Gasteiger partial charge in [-0.25, -0.2) is 0 Å². The summed E-state index contributed by atoms with van der Waals surface area (Å²) in [6.45, 7) is 0. The zero-order chi connectivity index (χ0) is 14.5. The van der Waals surface area contributed by atoms with E-state index in [1.165, 1.54) is 20.6 Å². The van der Waals surface area contributed by atoms with Gasteiger partial charge in [-0.2, -0.15) is 0 Å². The first kappa shape index (κ1) is 12.0. The minimum atomic E-state index is 1.03. The summed E-state index contributed by atoms with van der Waals surface area (Å²) in [7, 11) is 0.